The number of carbonyl (C=O) groups is 2. The van der Waals surface area contributed by atoms with Crippen molar-refractivity contribution in [3.05, 3.63) is 30.5 Å². The van der Waals surface area contributed by atoms with E-state index in [9.17, 15) is 9.59 Å². The van der Waals surface area contributed by atoms with E-state index >= 15 is 0 Å². The number of hydrogen-bond donors (Lipinski definition) is 0. The number of likely N-dealkylation sites (N-methyl/N-ethyl adjacent to an activating group) is 1. The number of rotatable bonds is 1. The van der Waals surface area contributed by atoms with Crippen LogP contribution < -0.4 is 4.90 Å². The van der Waals surface area contributed by atoms with Gasteiger partial charge in [0.05, 0.1) is 6.54 Å². The van der Waals surface area contributed by atoms with Crippen LogP contribution in [0.15, 0.2) is 30.5 Å². The van der Waals surface area contributed by atoms with Crippen LogP contribution in [0.3, 0.4) is 0 Å². The molecule has 1 spiro atoms. The summed E-state index contributed by atoms with van der Waals surface area (Å²) in [6.45, 7) is 1.52. The molecule has 0 saturated carbocycles. The fourth-order valence-corrected chi connectivity index (χ4v) is 2.62. The molecule has 0 amide bonds. The van der Waals surface area contributed by atoms with E-state index in [2.05, 4.69) is 10.2 Å². The standard InChI is InChI=1S/C14H16N4O4/c1-17-8-3-9-18(11-4-2-7-15-16-11)14(10-17)21-12(19)5-6-13(20)22-14/h2,4-7H,3,8-10H2,1H3. The van der Waals surface area contributed by atoms with Gasteiger partial charge in [-0.15, -0.1) is 5.10 Å². The Hall–Kier alpha value is -2.48. The van der Waals surface area contributed by atoms with Crippen LogP contribution in [-0.4, -0.2) is 59.6 Å². The molecular weight excluding hydrogens is 288 g/mol. The summed E-state index contributed by atoms with van der Waals surface area (Å²) in [6.07, 6.45) is 4.48. The highest BCUT2D eigenvalue weighted by atomic mass is 16.8. The van der Waals surface area contributed by atoms with Gasteiger partial charge >= 0.3 is 17.8 Å². The van der Waals surface area contributed by atoms with Crippen LogP contribution >= 0.6 is 0 Å². The molecule has 1 aromatic heterocycles. The minimum Gasteiger partial charge on any atom is -0.399 e. The predicted molar refractivity (Wildman–Crippen MR) is 75.5 cm³/mol. The lowest BCUT2D eigenvalue weighted by Gasteiger charge is -2.40. The summed E-state index contributed by atoms with van der Waals surface area (Å²) in [5, 5.41) is 7.90. The summed E-state index contributed by atoms with van der Waals surface area (Å²) in [4.78, 5) is 27.4. The maximum Gasteiger partial charge on any atom is 0.357 e. The van der Waals surface area contributed by atoms with Crippen LogP contribution in [0.4, 0.5) is 5.82 Å². The second-order valence-electron chi connectivity index (χ2n) is 5.21. The lowest BCUT2D eigenvalue weighted by Crippen LogP contribution is -2.59. The van der Waals surface area contributed by atoms with Gasteiger partial charge in [-0.05, 0) is 32.1 Å². The minimum atomic E-state index is -1.54. The maximum atomic E-state index is 11.9. The van der Waals surface area contributed by atoms with Crippen molar-refractivity contribution in [3.63, 3.8) is 0 Å². The maximum absolute atomic E-state index is 11.9. The number of ether oxygens (including phenoxy) is 2. The summed E-state index contributed by atoms with van der Waals surface area (Å²) < 4.78 is 11.0. The van der Waals surface area contributed by atoms with E-state index < -0.39 is 17.8 Å². The molecule has 3 heterocycles. The van der Waals surface area contributed by atoms with Crippen LogP contribution in [0.25, 0.3) is 0 Å². The normalized spacial score (nSPS) is 22.0. The van der Waals surface area contributed by atoms with Crippen LogP contribution in [0.5, 0.6) is 0 Å². The number of esters is 2. The summed E-state index contributed by atoms with van der Waals surface area (Å²) in [7, 11) is 1.88. The van der Waals surface area contributed by atoms with Gasteiger partial charge < -0.3 is 9.47 Å². The lowest BCUT2D eigenvalue weighted by atomic mass is 10.3. The topological polar surface area (TPSA) is 84.9 Å². The Balaban J connectivity index is 2.04. The predicted octanol–water partition coefficient (Wildman–Crippen LogP) is -0.0715. The highest BCUT2D eigenvalue weighted by Gasteiger charge is 2.48. The van der Waals surface area contributed by atoms with Crippen molar-refractivity contribution >= 4 is 17.8 Å². The summed E-state index contributed by atoms with van der Waals surface area (Å²) in [5.74, 6) is -2.32. The average molecular weight is 304 g/mol. The second-order valence-corrected chi connectivity index (χ2v) is 5.21. The molecule has 2 aliphatic rings. The van der Waals surface area contributed by atoms with Gasteiger partial charge in [-0.2, -0.15) is 5.10 Å². The van der Waals surface area contributed by atoms with Crippen molar-refractivity contribution in [1.29, 1.82) is 0 Å². The number of anilines is 1. The Morgan fingerprint density at radius 2 is 1.91 bits per heavy atom. The lowest BCUT2D eigenvalue weighted by molar-refractivity contribution is -0.223. The molecule has 22 heavy (non-hydrogen) atoms. The van der Waals surface area contributed by atoms with E-state index in [1.165, 1.54) is 0 Å². The highest BCUT2D eigenvalue weighted by Crippen LogP contribution is 2.30. The monoisotopic (exact) mass is 304 g/mol. The zero-order chi connectivity index (χ0) is 15.6. The van der Waals surface area contributed by atoms with Crippen LogP contribution in [-0.2, 0) is 19.1 Å². The van der Waals surface area contributed by atoms with Gasteiger partial charge in [-0.1, -0.05) is 0 Å². The van der Waals surface area contributed by atoms with E-state index in [-0.39, 0.29) is 6.54 Å². The molecule has 1 saturated heterocycles. The van der Waals surface area contributed by atoms with E-state index in [1.807, 2.05) is 11.9 Å². The molecule has 8 nitrogen and oxygen atoms in total. The van der Waals surface area contributed by atoms with Gasteiger partial charge in [0.15, 0.2) is 5.82 Å². The number of carbonyl (C=O) groups excluding carboxylic acids is 2. The summed E-state index contributed by atoms with van der Waals surface area (Å²) in [6, 6.07) is 3.46. The van der Waals surface area contributed by atoms with E-state index in [0.717, 1.165) is 25.1 Å². The quantitative estimate of drug-likeness (QED) is 0.667. The molecule has 0 atom stereocenters. The van der Waals surface area contributed by atoms with Gasteiger partial charge in [-0.3, -0.25) is 9.80 Å². The minimum absolute atomic E-state index is 0.225. The van der Waals surface area contributed by atoms with Gasteiger partial charge in [-0.25, -0.2) is 9.59 Å². The molecular formula is C14H16N4O4. The smallest absolute Gasteiger partial charge is 0.357 e. The highest BCUT2D eigenvalue weighted by molar-refractivity contribution is 5.93. The SMILES string of the molecule is CN1CCCN(c2cccnn2)C2(C1)OC(=O)C=CC(=O)O2. The van der Waals surface area contributed by atoms with Crippen LogP contribution in [0.2, 0.25) is 0 Å². The van der Waals surface area contributed by atoms with E-state index in [1.54, 1.807) is 23.2 Å². The van der Waals surface area contributed by atoms with Gasteiger partial charge in [0.1, 0.15) is 0 Å². The number of hydrogen-bond acceptors (Lipinski definition) is 8. The van der Waals surface area contributed by atoms with Crippen molar-refractivity contribution in [1.82, 2.24) is 15.1 Å². The molecule has 0 unspecified atom stereocenters. The molecule has 0 aliphatic carbocycles. The molecule has 1 fully saturated rings. The van der Waals surface area contributed by atoms with Crippen LogP contribution in [0, 0.1) is 0 Å². The van der Waals surface area contributed by atoms with Gasteiger partial charge in [0.2, 0.25) is 0 Å². The second kappa shape index (κ2) is 5.72. The molecule has 8 heteroatoms. The molecule has 3 rings (SSSR count). The molecule has 116 valence electrons. The fourth-order valence-electron chi connectivity index (χ4n) is 2.62. The van der Waals surface area contributed by atoms with E-state index in [4.69, 9.17) is 9.47 Å². The largest absolute Gasteiger partial charge is 0.399 e. The molecule has 0 bridgehead atoms. The number of aromatic nitrogens is 2. The summed E-state index contributed by atoms with van der Waals surface area (Å²) in [5.41, 5.74) is 0. The van der Waals surface area contributed by atoms with Crippen molar-refractivity contribution < 1.29 is 19.1 Å². The third-order valence-corrected chi connectivity index (χ3v) is 3.51. The average Bonchev–Trinajstić information content (AvgIpc) is 2.73. The summed E-state index contributed by atoms with van der Waals surface area (Å²) >= 11 is 0. The first-order valence-corrected chi connectivity index (χ1v) is 6.97. The Bertz CT molecular complexity index is 584. The Morgan fingerprint density at radius 3 is 2.55 bits per heavy atom. The van der Waals surface area contributed by atoms with E-state index in [0.29, 0.717) is 12.4 Å². The fraction of sp³-hybridized carbons (Fsp3) is 0.429. The third-order valence-electron chi connectivity index (χ3n) is 3.51. The van der Waals surface area contributed by atoms with Gasteiger partial charge in [0.25, 0.3) is 0 Å². The molecule has 0 N–H and O–H groups in total. The van der Waals surface area contributed by atoms with Crippen molar-refractivity contribution in [3.8, 4) is 0 Å². The Morgan fingerprint density at radius 1 is 1.18 bits per heavy atom. The molecule has 0 aromatic carbocycles. The third kappa shape index (κ3) is 2.77. The molecule has 1 aromatic rings. The Kier molecular flexibility index (Phi) is 3.76. The first kappa shape index (κ1) is 14.5. The Labute approximate surface area is 127 Å². The molecule has 2 aliphatic heterocycles. The number of nitrogens with zero attached hydrogens (tertiary/aromatic N) is 4. The zero-order valence-electron chi connectivity index (χ0n) is 12.1. The van der Waals surface area contributed by atoms with Crippen molar-refractivity contribution in [2.75, 3.05) is 31.6 Å². The first-order chi connectivity index (χ1) is 10.6. The van der Waals surface area contributed by atoms with Crippen molar-refractivity contribution in [2.24, 2.45) is 0 Å². The molecule has 0 radical (unpaired) electrons. The first-order valence-electron chi connectivity index (χ1n) is 6.97. The zero-order valence-corrected chi connectivity index (χ0v) is 12.1. The van der Waals surface area contributed by atoms with Gasteiger partial charge in [0, 0.05) is 24.9 Å². The van der Waals surface area contributed by atoms with Crippen molar-refractivity contribution in [2.45, 2.75) is 12.3 Å². The van der Waals surface area contributed by atoms with Crippen LogP contribution in [0.1, 0.15) is 6.42 Å².